The van der Waals surface area contributed by atoms with E-state index < -0.39 is 5.60 Å². The highest BCUT2D eigenvalue weighted by Gasteiger charge is 2.30. The standard InChI is InChI=1S/C25H28N4OS/c1-5-29-24-21(22(28-29)20-8-6-7-13-26-20)23(31-15-14-27-24)19-10-9-18(16-17(19)2)11-12-25(3,4)30/h6-10,13,16,23,27,30H,5,14-15H2,1-4H3. The second-order valence-electron chi connectivity index (χ2n) is 8.20. The van der Waals surface area contributed by atoms with E-state index in [2.05, 4.69) is 52.8 Å². The zero-order valence-corrected chi connectivity index (χ0v) is 19.3. The van der Waals surface area contributed by atoms with E-state index >= 15 is 0 Å². The highest BCUT2D eigenvalue weighted by atomic mass is 32.2. The minimum atomic E-state index is -1.00. The monoisotopic (exact) mass is 432 g/mol. The number of benzene rings is 1. The van der Waals surface area contributed by atoms with Gasteiger partial charge in [-0.3, -0.25) is 4.98 Å². The molecule has 6 heteroatoms. The van der Waals surface area contributed by atoms with Crippen molar-refractivity contribution >= 4 is 17.6 Å². The molecule has 3 aromatic rings. The summed E-state index contributed by atoms with van der Waals surface area (Å²) in [4.78, 5) is 4.59. The number of aliphatic hydroxyl groups is 1. The topological polar surface area (TPSA) is 63.0 Å². The number of nitrogens with one attached hydrogen (secondary N) is 1. The zero-order chi connectivity index (χ0) is 22.0. The molecular weight excluding hydrogens is 404 g/mol. The molecule has 1 aliphatic heterocycles. The highest BCUT2D eigenvalue weighted by molar-refractivity contribution is 7.99. The van der Waals surface area contributed by atoms with Crippen molar-refractivity contribution in [2.45, 2.75) is 45.1 Å². The molecule has 0 bridgehead atoms. The number of hydrogen-bond donors (Lipinski definition) is 2. The van der Waals surface area contributed by atoms with Gasteiger partial charge in [0, 0.05) is 36.2 Å². The summed E-state index contributed by atoms with van der Waals surface area (Å²) in [7, 11) is 0. The smallest absolute Gasteiger partial charge is 0.129 e. The van der Waals surface area contributed by atoms with Gasteiger partial charge in [0.15, 0.2) is 0 Å². The lowest BCUT2D eigenvalue weighted by Gasteiger charge is -2.19. The average molecular weight is 433 g/mol. The predicted molar refractivity (Wildman–Crippen MR) is 128 cm³/mol. The van der Waals surface area contributed by atoms with Gasteiger partial charge in [-0.1, -0.05) is 24.0 Å². The SMILES string of the molecule is CCn1nc(-c2ccccn2)c2c1NCCSC2c1ccc(C#CC(C)(C)O)cc1C. The van der Waals surface area contributed by atoms with Crippen LogP contribution in [0.2, 0.25) is 0 Å². The van der Waals surface area contributed by atoms with Gasteiger partial charge in [0.1, 0.15) is 17.1 Å². The molecule has 0 saturated carbocycles. The zero-order valence-electron chi connectivity index (χ0n) is 18.4. The molecule has 2 N–H and O–H groups in total. The van der Waals surface area contributed by atoms with Gasteiger partial charge in [0.25, 0.3) is 0 Å². The summed E-state index contributed by atoms with van der Waals surface area (Å²) < 4.78 is 2.05. The quantitative estimate of drug-likeness (QED) is 0.590. The molecule has 0 saturated heterocycles. The van der Waals surface area contributed by atoms with Crippen LogP contribution in [0.3, 0.4) is 0 Å². The molecule has 3 heterocycles. The number of thioether (sulfide) groups is 1. The summed E-state index contributed by atoms with van der Waals surface area (Å²) >= 11 is 1.93. The summed E-state index contributed by atoms with van der Waals surface area (Å²) in [6.45, 7) is 9.34. The van der Waals surface area contributed by atoms with Gasteiger partial charge in [-0.25, -0.2) is 4.68 Å². The first-order valence-corrected chi connectivity index (χ1v) is 11.7. The third-order valence-corrected chi connectivity index (χ3v) is 6.47. The molecule has 0 fully saturated rings. The molecule has 1 aliphatic rings. The van der Waals surface area contributed by atoms with Gasteiger partial charge in [-0.2, -0.15) is 5.10 Å². The van der Waals surface area contributed by atoms with Crippen molar-refractivity contribution in [3.05, 3.63) is 64.8 Å². The summed E-state index contributed by atoms with van der Waals surface area (Å²) in [5.74, 6) is 8.08. The van der Waals surface area contributed by atoms with Crippen molar-refractivity contribution < 1.29 is 5.11 Å². The number of hydrogen-bond acceptors (Lipinski definition) is 5. The van der Waals surface area contributed by atoms with Crippen LogP contribution in [0.5, 0.6) is 0 Å². The first kappa shape index (κ1) is 21.5. The number of anilines is 1. The van der Waals surface area contributed by atoms with Gasteiger partial charge < -0.3 is 10.4 Å². The van der Waals surface area contributed by atoms with Crippen molar-refractivity contribution in [2.24, 2.45) is 0 Å². The Kier molecular flexibility index (Phi) is 6.08. The third-order valence-electron chi connectivity index (χ3n) is 5.20. The van der Waals surface area contributed by atoms with E-state index in [1.807, 2.05) is 42.2 Å². The molecule has 1 aromatic carbocycles. The number of pyridine rings is 1. The molecule has 5 nitrogen and oxygen atoms in total. The van der Waals surface area contributed by atoms with Crippen LogP contribution in [0.4, 0.5) is 5.82 Å². The maximum Gasteiger partial charge on any atom is 0.129 e. The first-order chi connectivity index (χ1) is 14.9. The summed E-state index contributed by atoms with van der Waals surface area (Å²) in [6.07, 6.45) is 1.82. The number of nitrogens with zero attached hydrogens (tertiary/aromatic N) is 3. The van der Waals surface area contributed by atoms with Gasteiger partial charge in [-0.05, 0) is 63.1 Å². The lowest BCUT2D eigenvalue weighted by Crippen LogP contribution is -2.14. The van der Waals surface area contributed by atoms with Crippen LogP contribution in [-0.4, -0.2) is 37.8 Å². The third kappa shape index (κ3) is 4.63. The van der Waals surface area contributed by atoms with Crippen molar-refractivity contribution in [2.75, 3.05) is 17.6 Å². The number of aromatic nitrogens is 3. The van der Waals surface area contributed by atoms with Crippen LogP contribution in [0, 0.1) is 18.8 Å². The van der Waals surface area contributed by atoms with E-state index in [0.29, 0.717) is 0 Å². The van der Waals surface area contributed by atoms with Crippen LogP contribution < -0.4 is 5.32 Å². The maximum absolute atomic E-state index is 9.91. The van der Waals surface area contributed by atoms with Crippen LogP contribution >= 0.6 is 11.8 Å². The van der Waals surface area contributed by atoms with Crippen LogP contribution in [0.25, 0.3) is 11.4 Å². The van der Waals surface area contributed by atoms with Crippen molar-refractivity contribution in [1.29, 1.82) is 0 Å². The van der Waals surface area contributed by atoms with Crippen LogP contribution in [0.15, 0.2) is 42.6 Å². The Morgan fingerprint density at radius 2 is 2.13 bits per heavy atom. The minimum Gasteiger partial charge on any atom is -0.378 e. The van der Waals surface area contributed by atoms with Gasteiger partial charge in [0.2, 0.25) is 0 Å². The Morgan fingerprint density at radius 3 is 2.81 bits per heavy atom. The molecule has 0 spiro atoms. The minimum absolute atomic E-state index is 0.151. The van der Waals surface area contributed by atoms with Crippen molar-refractivity contribution in [1.82, 2.24) is 14.8 Å². The molecule has 4 rings (SSSR count). The maximum atomic E-state index is 9.91. The van der Waals surface area contributed by atoms with Gasteiger partial charge in [-0.15, -0.1) is 11.8 Å². The Labute approximate surface area is 188 Å². The fourth-order valence-corrected chi connectivity index (χ4v) is 5.07. The van der Waals surface area contributed by atoms with E-state index in [1.54, 1.807) is 13.8 Å². The Morgan fingerprint density at radius 1 is 1.29 bits per heavy atom. The van der Waals surface area contributed by atoms with Gasteiger partial charge in [0.05, 0.1) is 10.9 Å². The lowest BCUT2D eigenvalue weighted by atomic mass is 9.96. The normalized spacial score (nSPS) is 16.0. The van der Waals surface area contributed by atoms with Crippen LogP contribution in [-0.2, 0) is 6.54 Å². The number of aryl methyl sites for hydroxylation is 2. The van der Waals surface area contributed by atoms with Gasteiger partial charge >= 0.3 is 0 Å². The largest absolute Gasteiger partial charge is 0.378 e. The molecular formula is C25H28N4OS. The highest BCUT2D eigenvalue weighted by Crippen LogP contribution is 2.46. The van der Waals surface area contributed by atoms with E-state index in [-0.39, 0.29) is 5.25 Å². The second kappa shape index (κ2) is 8.78. The van der Waals surface area contributed by atoms with E-state index in [9.17, 15) is 5.11 Å². The number of rotatable bonds is 3. The van der Waals surface area contributed by atoms with E-state index in [4.69, 9.17) is 5.10 Å². The predicted octanol–water partition coefficient (Wildman–Crippen LogP) is 4.64. The Hall–Kier alpha value is -2.75. The molecule has 0 radical (unpaired) electrons. The molecule has 2 aromatic heterocycles. The fourth-order valence-electron chi connectivity index (χ4n) is 3.78. The van der Waals surface area contributed by atoms with Crippen molar-refractivity contribution in [3.8, 4) is 23.2 Å². The molecule has 160 valence electrons. The Bertz CT molecular complexity index is 1140. The van der Waals surface area contributed by atoms with Crippen molar-refractivity contribution in [3.63, 3.8) is 0 Å². The fraction of sp³-hybridized carbons (Fsp3) is 0.360. The average Bonchev–Trinajstić information content (AvgIpc) is 2.98. The molecule has 0 amide bonds. The molecule has 1 atom stereocenters. The van der Waals surface area contributed by atoms with E-state index in [0.717, 1.165) is 41.6 Å². The summed E-state index contributed by atoms with van der Waals surface area (Å²) in [5, 5.41) is 18.6. The second-order valence-corrected chi connectivity index (χ2v) is 9.41. The first-order valence-electron chi connectivity index (χ1n) is 10.6. The summed E-state index contributed by atoms with van der Waals surface area (Å²) in [6, 6.07) is 12.3. The lowest BCUT2D eigenvalue weighted by molar-refractivity contribution is 0.143. The molecule has 31 heavy (non-hydrogen) atoms. The Balaban J connectivity index is 1.83. The molecule has 0 aliphatic carbocycles. The number of fused-ring (bicyclic) bond motifs is 1. The molecule has 1 unspecified atom stereocenters. The van der Waals surface area contributed by atoms with Crippen LogP contribution in [0.1, 0.15) is 48.3 Å². The van der Waals surface area contributed by atoms with E-state index in [1.165, 1.54) is 16.7 Å². The summed E-state index contributed by atoms with van der Waals surface area (Å²) in [5.41, 5.74) is 5.38.